The maximum Gasteiger partial charge on any atom is -0.00297 e. The molecule has 0 amide bonds. The van der Waals surface area contributed by atoms with Crippen LogP contribution in [0.1, 0.15) is 11.1 Å². The number of aryl methyl sites for hydroxylation is 2. The lowest BCUT2D eigenvalue weighted by atomic mass is 10.1. The fraction of sp³-hybridized carbons (Fsp3) is 0.400. The maximum atomic E-state index is 2.21. The number of hydrogen-bond donors (Lipinski definition) is 0. The maximum absolute atomic E-state index is 2.21. The molecule has 0 aliphatic heterocycles. The van der Waals surface area contributed by atoms with Crippen molar-refractivity contribution >= 4 is 11.8 Å². The largest absolute Gasteiger partial charge is 0.165 e. The van der Waals surface area contributed by atoms with Crippen LogP contribution in [0.15, 0.2) is 24.3 Å². The van der Waals surface area contributed by atoms with Gasteiger partial charge in [-0.1, -0.05) is 24.3 Å². The van der Waals surface area contributed by atoms with Crippen LogP contribution in [0.4, 0.5) is 0 Å². The zero-order valence-corrected chi connectivity index (χ0v) is 7.95. The second-order valence-electron chi connectivity index (χ2n) is 2.67. The van der Waals surface area contributed by atoms with Gasteiger partial charge in [-0.3, -0.25) is 0 Å². The van der Waals surface area contributed by atoms with Crippen molar-refractivity contribution in [3.63, 3.8) is 0 Å². The smallest absolute Gasteiger partial charge is 0.00297 e. The van der Waals surface area contributed by atoms with Crippen molar-refractivity contribution in [2.24, 2.45) is 0 Å². The molecule has 0 bridgehead atoms. The van der Waals surface area contributed by atoms with E-state index in [0.717, 1.165) is 0 Å². The third-order valence-electron chi connectivity index (χ3n) is 1.84. The Bertz CT molecular complexity index is 218. The molecule has 0 heterocycles. The number of rotatable bonds is 3. The van der Waals surface area contributed by atoms with E-state index >= 15 is 0 Å². The molecule has 0 aliphatic rings. The Hall–Kier alpha value is -0.430. The molecule has 1 aromatic rings. The lowest BCUT2D eigenvalue weighted by molar-refractivity contribution is 1.13. The SMILES string of the molecule is CSCCc1ccccc1C. The van der Waals surface area contributed by atoms with Crippen molar-refractivity contribution in [1.29, 1.82) is 0 Å². The van der Waals surface area contributed by atoms with Gasteiger partial charge in [-0.2, -0.15) is 11.8 Å². The summed E-state index contributed by atoms with van der Waals surface area (Å²) in [7, 11) is 0. The minimum atomic E-state index is 1.20. The molecule has 0 aromatic heterocycles. The van der Waals surface area contributed by atoms with Gasteiger partial charge in [0.15, 0.2) is 0 Å². The van der Waals surface area contributed by atoms with Gasteiger partial charge >= 0.3 is 0 Å². The van der Waals surface area contributed by atoms with Crippen LogP contribution >= 0.6 is 11.8 Å². The molecular weight excluding hydrogens is 152 g/mol. The zero-order valence-electron chi connectivity index (χ0n) is 7.13. The summed E-state index contributed by atoms with van der Waals surface area (Å²) in [6.07, 6.45) is 3.35. The lowest BCUT2D eigenvalue weighted by Gasteiger charge is -2.02. The van der Waals surface area contributed by atoms with E-state index in [1.807, 2.05) is 11.8 Å². The minimum Gasteiger partial charge on any atom is -0.165 e. The Morgan fingerprint density at radius 3 is 2.64 bits per heavy atom. The summed E-state index contributed by atoms with van der Waals surface area (Å²) in [4.78, 5) is 0. The molecule has 0 N–H and O–H groups in total. The molecule has 0 aliphatic carbocycles. The summed E-state index contributed by atoms with van der Waals surface area (Å²) >= 11 is 1.91. The first-order chi connectivity index (χ1) is 5.34. The Kier molecular flexibility index (Phi) is 3.50. The van der Waals surface area contributed by atoms with Crippen LogP contribution in [-0.4, -0.2) is 12.0 Å². The Morgan fingerprint density at radius 1 is 1.27 bits per heavy atom. The van der Waals surface area contributed by atoms with Gasteiger partial charge < -0.3 is 0 Å². The van der Waals surface area contributed by atoms with E-state index in [0.29, 0.717) is 0 Å². The van der Waals surface area contributed by atoms with Crippen LogP contribution in [0.25, 0.3) is 0 Å². The van der Waals surface area contributed by atoms with Crippen LogP contribution in [0.2, 0.25) is 0 Å². The van der Waals surface area contributed by atoms with Crippen LogP contribution < -0.4 is 0 Å². The second-order valence-corrected chi connectivity index (χ2v) is 3.65. The highest BCUT2D eigenvalue weighted by Crippen LogP contribution is 2.09. The standard InChI is InChI=1S/C10H14S/c1-9-5-3-4-6-10(9)7-8-11-2/h3-6H,7-8H2,1-2H3. The normalized spacial score (nSPS) is 10.0. The fourth-order valence-corrected chi connectivity index (χ4v) is 1.53. The highest BCUT2D eigenvalue weighted by Gasteiger charge is 1.94. The molecule has 0 atom stereocenters. The Balaban J connectivity index is 2.62. The van der Waals surface area contributed by atoms with E-state index < -0.39 is 0 Å². The average Bonchev–Trinajstić information content (AvgIpc) is 2.03. The summed E-state index contributed by atoms with van der Waals surface area (Å²) in [6, 6.07) is 8.60. The highest BCUT2D eigenvalue weighted by molar-refractivity contribution is 7.98. The zero-order chi connectivity index (χ0) is 8.10. The van der Waals surface area contributed by atoms with E-state index in [2.05, 4.69) is 37.4 Å². The molecule has 1 heteroatoms. The van der Waals surface area contributed by atoms with Crippen LogP contribution in [0.5, 0.6) is 0 Å². The predicted octanol–water partition coefficient (Wildman–Crippen LogP) is 2.90. The van der Waals surface area contributed by atoms with Crippen molar-refractivity contribution in [2.75, 3.05) is 12.0 Å². The Labute approximate surface area is 73.0 Å². The van der Waals surface area contributed by atoms with Gasteiger partial charge in [-0.05, 0) is 36.5 Å². The van der Waals surface area contributed by atoms with E-state index in [1.54, 1.807) is 0 Å². The van der Waals surface area contributed by atoms with Gasteiger partial charge in [0.25, 0.3) is 0 Å². The molecule has 0 fully saturated rings. The second kappa shape index (κ2) is 4.45. The predicted molar refractivity (Wildman–Crippen MR) is 53.3 cm³/mol. The van der Waals surface area contributed by atoms with E-state index in [9.17, 15) is 0 Å². The quantitative estimate of drug-likeness (QED) is 0.665. The average molecular weight is 166 g/mol. The van der Waals surface area contributed by atoms with Crippen molar-refractivity contribution in [3.05, 3.63) is 35.4 Å². The van der Waals surface area contributed by atoms with Gasteiger partial charge in [0.2, 0.25) is 0 Å². The number of benzene rings is 1. The topological polar surface area (TPSA) is 0 Å². The molecule has 1 rings (SSSR count). The molecule has 0 nitrogen and oxygen atoms in total. The molecular formula is C10H14S. The molecule has 11 heavy (non-hydrogen) atoms. The summed E-state index contributed by atoms with van der Waals surface area (Å²) in [5.74, 6) is 1.23. The molecule has 0 spiro atoms. The van der Waals surface area contributed by atoms with E-state index in [-0.39, 0.29) is 0 Å². The minimum absolute atomic E-state index is 1.20. The monoisotopic (exact) mass is 166 g/mol. The van der Waals surface area contributed by atoms with Crippen molar-refractivity contribution in [1.82, 2.24) is 0 Å². The van der Waals surface area contributed by atoms with Crippen LogP contribution in [0.3, 0.4) is 0 Å². The first kappa shape index (κ1) is 8.66. The van der Waals surface area contributed by atoms with Crippen molar-refractivity contribution in [2.45, 2.75) is 13.3 Å². The fourth-order valence-electron chi connectivity index (χ4n) is 1.10. The first-order valence-corrected chi connectivity index (χ1v) is 5.27. The van der Waals surface area contributed by atoms with Gasteiger partial charge in [0, 0.05) is 0 Å². The van der Waals surface area contributed by atoms with Gasteiger partial charge in [0.05, 0.1) is 0 Å². The lowest BCUT2D eigenvalue weighted by Crippen LogP contribution is -1.90. The van der Waals surface area contributed by atoms with Crippen molar-refractivity contribution < 1.29 is 0 Å². The molecule has 0 saturated carbocycles. The third-order valence-corrected chi connectivity index (χ3v) is 2.45. The molecule has 60 valence electrons. The molecule has 0 radical (unpaired) electrons. The van der Waals surface area contributed by atoms with Gasteiger partial charge in [-0.15, -0.1) is 0 Å². The summed E-state index contributed by atoms with van der Waals surface area (Å²) < 4.78 is 0. The van der Waals surface area contributed by atoms with E-state index in [4.69, 9.17) is 0 Å². The molecule has 0 unspecified atom stereocenters. The van der Waals surface area contributed by atoms with E-state index in [1.165, 1.54) is 23.3 Å². The summed E-state index contributed by atoms with van der Waals surface area (Å²) in [5, 5.41) is 0. The number of thioether (sulfide) groups is 1. The third kappa shape index (κ3) is 2.58. The Morgan fingerprint density at radius 2 is 2.00 bits per heavy atom. The van der Waals surface area contributed by atoms with Crippen LogP contribution in [-0.2, 0) is 6.42 Å². The van der Waals surface area contributed by atoms with Crippen molar-refractivity contribution in [3.8, 4) is 0 Å². The summed E-state index contributed by atoms with van der Waals surface area (Å²) in [5.41, 5.74) is 2.91. The van der Waals surface area contributed by atoms with Gasteiger partial charge in [0.1, 0.15) is 0 Å². The van der Waals surface area contributed by atoms with Gasteiger partial charge in [-0.25, -0.2) is 0 Å². The molecule has 0 saturated heterocycles. The summed E-state index contributed by atoms with van der Waals surface area (Å²) in [6.45, 7) is 2.18. The first-order valence-electron chi connectivity index (χ1n) is 3.88. The molecule has 1 aromatic carbocycles. The highest BCUT2D eigenvalue weighted by atomic mass is 32.2. The number of hydrogen-bond acceptors (Lipinski definition) is 1. The van der Waals surface area contributed by atoms with Crippen LogP contribution in [0, 0.1) is 6.92 Å².